The maximum absolute atomic E-state index is 2.19. The van der Waals surface area contributed by atoms with Crippen LogP contribution in [0.2, 0.25) is 0 Å². The summed E-state index contributed by atoms with van der Waals surface area (Å²) in [5, 5.41) is 0. The summed E-state index contributed by atoms with van der Waals surface area (Å²) in [4.78, 5) is 0. The molecule has 0 fully saturated rings. The van der Waals surface area contributed by atoms with Crippen LogP contribution in [0.3, 0.4) is 0 Å². The molecule has 0 aromatic heterocycles. The molecule has 0 unspecified atom stereocenters. The molecule has 0 aromatic carbocycles. The predicted molar refractivity (Wildman–Crippen MR) is 64.3 cm³/mol. The van der Waals surface area contributed by atoms with Crippen molar-refractivity contribution in [2.45, 2.75) is 39.5 Å². The number of rotatable bonds is 2. The fourth-order valence-corrected chi connectivity index (χ4v) is 1.51. The Morgan fingerprint density at radius 1 is 0.867 bits per heavy atom. The molecule has 2 aliphatic rings. The van der Waals surface area contributed by atoms with Gasteiger partial charge in [-0.25, -0.2) is 0 Å². The second kappa shape index (κ2) is 8.77. The third kappa shape index (κ3) is 5.82. The van der Waals surface area contributed by atoms with Crippen molar-refractivity contribution >= 4 is 0 Å². The van der Waals surface area contributed by atoms with Gasteiger partial charge >= 0.3 is 0 Å². The van der Waals surface area contributed by atoms with E-state index in [0.29, 0.717) is 0 Å². The smallest absolute Gasteiger partial charge is 0 e. The van der Waals surface area contributed by atoms with Gasteiger partial charge in [-0.15, -0.1) is 0 Å². The number of hydrogen-bond acceptors (Lipinski definition) is 0. The van der Waals surface area contributed by atoms with E-state index in [1.165, 1.54) is 25.7 Å². The molecule has 2 aliphatic carbocycles. The van der Waals surface area contributed by atoms with Crippen molar-refractivity contribution in [2.24, 2.45) is 0 Å². The maximum Gasteiger partial charge on any atom is 0 e. The Bertz CT molecular complexity index is 250. The summed E-state index contributed by atoms with van der Waals surface area (Å²) in [7, 11) is 0. The second-order valence-electron chi connectivity index (χ2n) is 3.62. The van der Waals surface area contributed by atoms with E-state index in [2.05, 4.69) is 50.3 Å². The van der Waals surface area contributed by atoms with Crippen LogP contribution in [0.15, 0.2) is 47.6 Å². The Morgan fingerprint density at radius 3 is 1.40 bits per heavy atom. The summed E-state index contributed by atoms with van der Waals surface area (Å²) in [6.45, 7) is 4.39. The SMILES string of the molecule is CCC1=CC=CC1.CCC1=CC=CC1.[Cr]. The van der Waals surface area contributed by atoms with Crippen molar-refractivity contribution in [3.63, 3.8) is 0 Å². The Hall–Kier alpha value is -0.508. The van der Waals surface area contributed by atoms with Crippen molar-refractivity contribution in [2.75, 3.05) is 0 Å². The molecule has 0 radical (unpaired) electrons. The number of hydrogen-bond donors (Lipinski definition) is 0. The van der Waals surface area contributed by atoms with Crippen LogP contribution < -0.4 is 0 Å². The Labute approximate surface area is 105 Å². The zero-order chi connectivity index (χ0) is 10.2. The molecule has 0 heterocycles. The fraction of sp³-hybridized carbons (Fsp3) is 0.429. The van der Waals surface area contributed by atoms with E-state index >= 15 is 0 Å². The van der Waals surface area contributed by atoms with Crippen LogP contribution in [0.5, 0.6) is 0 Å². The molecule has 0 nitrogen and oxygen atoms in total. The van der Waals surface area contributed by atoms with E-state index < -0.39 is 0 Å². The molecule has 0 atom stereocenters. The minimum atomic E-state index is 0. The minimum absolute atomic E-state index is 0. The average molecular weight is 240 g/mol. The Balaban J connectivity index is 0.000000245. The van der Waals surface area contributed by atoms with Crippen LogP contribution in [0.25, 0.3) is 0 Å². The van der Waals surface area contributed by atoms with Crippen molar-refractivity contribution in [3.05, 3.63) is 47.6 Å². The first kappa shape index (κ1) is 14.5. The fourth-order valence-electron chi connectivity index (χ4n) is 1.51. The van der Waals surface area contributed by atoms with Gasteiger partial charge in [-0.2, -0.15) is 0 Å². The molecule has 0 spiro atoms. The average Bonchev–Trinajstić information content (AvgIpc) is 2.92. The van der Waals surface area contributed by atoms with Crippen LogP contribution >= 0.6 is 0 Å². The molecule has 82 valence electrons. The van der Waals surface area contributed by atoms with Gasteiger partial charge in [-0.05, 0) is 25.7 Å². The summed E-state index contributed by atoms with van der Waals surface area (Å²) in [6.07, 6.45) is 17.8. The van der Waals surface area contributed by atoms with Crippen LogP contribution in [-0.2, 0) is 17.4 Å². The first-order chi connectivity index (χ1) is 6.86. The van der Waals surface area contributed by atoms with Gasteiger partial charge in [0.2, 0.25) is 0 Å². The molecule has 0 N–H and O–H groups in total. The van der Waals surface area contributed by atoms with E-state index in [1.54, 1.807) is 11.1 Å². The van der Waals surface area contributed by atoms with Crippen LogP contribution in [0.1, 0.15) is 39.5 Å². The zero-order valence-electron chi connectivity index (χ0n) is 9.70. The van der Waals surface area contributed by atoms with Crippen molar-refractivity contribution in [1.82, 2.24) is 0 Å². The molecule has 1 heteroatoms. The van der Waals surface area contributed by atoms with Gasteiger partial charge in [-0.3, -0.25) is 0 Å². The Kier molecular flexibility index (Phi) is 8.48. The second-order valence-corrected chi connectivity index (χ2v) is 3.62. The van der Waals surface area contributed by atoms with E-state index in [9.17, 15) is 0 Å². The molecule has 0 amide bonds. The quantitative estimate of drug-likeness (QED) is 0.663. The van der Waals surface area contributed by atoms with Crippen LogP contribution in [0.4, 0.5) is 0 Å². The van der Waals surface area contributed by atoms with Crippen molar-refractivity contribution in [1.29, 1.82) is 0 Å². The summed E-state index contributed by atoms with van der Waals surface area (Å²) in [6, 6.07) is 0. The predicted octanol–water partition coefficient (Wildman–Crippen LogP) is 4.56. The molecule has 0 saturated carbocycles. The van der Waals surface area contributed by atoms with Crippen molar-refractivity contribution < 1.29 is 17.4 Å². The van der Waals surface area contributed by atoms with Crippen LogP contribution in [0, 0.1) is 0 Å². The minimum Gasteiger partial charge on any atom is -0.0805 e. The van der Waals surface area contributed by atoms with Gasteiger partial charge < -0.3 is 0 Å². The van der Waals surface area contributed by atoms with E-state index in [1.807, 2.05) is 0 Å². The normalized spacial score (nSPS) is 16.4. The molecule has 2 rings (SSSR count). The summed E-state index contributed by atoms with van der Waals surface area (Å²) < 4.78 is 0. The van der Waals surface area contributed by atoms with Gasteiger partial charge in [0.05, 0.1) is 0 Å². The van der Waals surface area contributed by atoms with E-state index in [-0.39, 0.29) is 17.4 Å². The Morgan fingerprint density at radius 2 is 1.27 bits per heavy atom. The topological polar surface area (TPSA) is 0 Å². The zero-order valence-corrected chi connectivity index (χ0v) is 11.0. The first-order valence-corrected chi connectivity index (χ1v) is 5.56. The largest absolute Gasteiger partial charge is 0.0805 e. The molecule has 0 bridgehead atoms. The molecule has 0 aliphatic heterocycles. The standard InChI is InChI=1S/2C7H10.Cr/c2*1-2-7-5-3-4-6-7;/h2*3-5H,2,6H2,1H3;. The van der Waals surface area contributed by atoms with Crippen LogP contribution in [-0.4, -0.2) is 0 Å². The van der Waals surface area contributed by atoms with Gasteiger partial charge in [0.25, 0.3) is 0 Å². The monoisotopic (exact) mass is 240 g/mol. The number of allylic oxidation sites excluding steroid dienone is 8. The third-order valence-electron chi connectivity index (χ3n) is 2.60. The van der Waals surface area contributed by atoms with Gasteiger partial charge in [0.15, 0.2) is 0 Å². The molecular weight excluding hydrogens is 220 g/mol. The molecule has 15 heavy (non-hydrogen) atoms. The molecular formula is C14H20Cr. The molecule has 0 saturated heterocycles. The van der Waals surface area contributed by atoms with Gasteiger partial charge in [0, 0.05) is 17.4 Å². The summed E-state index contributed by atoms with van der Waals surface area (Å²) in [5.41, 5.74) is 3.11. The first-order valence-electron chi connectivity index (χ1n) is 5.56. The van der Waals surface area contributed by atoms with E-state index in [0.717, 1.165) is 0 Å². The summed E-state index contributed by atoms with van der Waals surface area (Å²) in [5.74, 6) is 0. The molecule has 0 aromatic rings. The summed E-state index contributed by atoms with van der Waals surface area (Å²) >= 11 is 0. The van der Waals surface area contributed by atoms with Gasteiger partial charge in [-0.1, -0.05) is 61.4 Å². The van der Waals surface area contributed by atoms with Gasteiger partial charge in [0.1, 0.15) is 0 Å². The third-order valence-corrected chi connectivity index (χ3v) is 2.60. The van der Waals surface area contributed by atoms with Crippen molar-refractivity contribution in [3.8, 4) is 0 Å². The maximum atomic E-state index is 2.19. The van der Waals surface area contributed by atoms with E-state index in [4.69, 9.17) is 0 Å².